The van der Waals surface area contributed by atoms with Crippen molar-refractivity contribution in [2.75, 3.05) is 38.5 Å². The Balaban J connectivity index is 1.13. The normalized spacial score (nSPS) is 18.3. The molecule has 0 radical (unpaired) electrons. The van der Waals surface area contributed by atoms with Crippen LogP contribution in [0.15, 0.2) is 29.6 Å². The fraction of sp³-hybridized carbons (Fsp3) is 0.520. The van der Waals surface area contributed by atoms with Gasteiger partial charge in [-0.2, -0.15) is 0 Å². The average molecular weight is 497 g/mol. The van der Waals surface area contributed by atoms with Gasteiger partial charge in [0.1, 0.15) is 10.0 Å². The summed E-state index contributed by atoms with van der Waals surface area (Å²) in [5.74, 6) is 0.414. The van der Waals surface area contributed by atoms with Crippen LogP contribution < -0.4 is 5.32 Å². The smallest absolute Gasteiger partial charge is 0.232 e. The summed E-state index contributed by atoms with van der Waals surface area (Å²) >= 11 is 3.10. The standard InChI is InChI=1S/C25H32N6OS2/c1-30-11-13-31(14-12-30)16-18-7-9-20(10-8-18)23-26-21(17-33-23)15-22(32)27-25-29-28-24(34-25)19-5-3-2-4-6-19/h7-10,17,19H,2-6,11-16H2,1H3,(H,27,29,32). The van der Waals surface area contributed by atoms with Crippen LogP contribution in [0.3, 0.4) is 0 Å². The Morgan fingerprint density at radius 2 is 1.82 bits per heavy atom. The minimum Gasteiger partial charge on any atom is -0.304 e. The molecular formula is C25H32N6OS2. The third-order valence-corrected chi connectivity index (χ3v) is 8.68. The van der Waals surface area contributed by atoms with E-state index in [0.29, 0.717) is 11.0 Å². The second-order valence-electron chi connectivity index (χ2n) is 9.43. The largest absolute Gasteiger partial charge is 0.304 e. The summed E-state index contributed by atoms with van der Waals surface area (Å²) in [5, 5.41) is 16.0. The zero-order valence-corrected chi connectivity index (χ0v) is 21.3. The monoisotopic (exact) mass is 496 g/mol. The van der Waals surface area contributed by atoms with E-state index in [-0.39, 0.29) is 12.3 Å². The molecule has 180 valence electrons. The topological polar surface area (TPSA) is 74.2 Å². The molecule has 1 aliphatic carbocycles. The number of nitrogens with zero attached hydrogens (tertiary/aromatic N) is 5. The van der Waals surface area contributed by atoms with Crippen molar-refractivity contribution in [3.63, 3.8) is 0 Å². The van der Waals surface area contributed by atoms with Gasteiger partial charge in [-0.25, -0.2) is 4.98 Å². The lowest BCUT2D eigenvalue weighted by atomic mass is 9.90. The predicted octanol–water partition coefficient (Wildman–Crippen LogP) is 4.64. The molecular weight excluding hydrogens is 464 g/mol. The van der Waals surface area contributed by atoms with Gasteiger partial charge in [0.15, 0.2) is 0 Å². The van der Waals surface area contributed by atoms with Crippen LogP contribution in [-0.2, 0) is 17.8 Å². The number of carbonyl (C=O) groups is 1. The number of rotatable bonds is 7. The van der Waals surface area contributed by atoms with E-state index in [2.05, 4.69) is 56.6 Å². The van der Waals surface area contributed by atoms with Gasteiger partial charge in [0.25, 0.3) is 0 Å². The third kappa shape index (κ3) is 6.07. The van der Waals surface area contributed by atoms with Crippen LogP contribution in [0.1, 0.15) is 54.3 Å². The van der Waals surface area contributed by atoms with Gasteiger partial charge < -0.3 is 10.2 Å². The second-order valence-corrected chi connectivity index (χ2v) is 11.3. The number of piperazine rings is 1. The van der Waals surface area contributed by atoms with E-state index in [1.54, 1.807) is 11.3 Å². The van der Waals surface area contributed by atoms with Gasteiger partial charge in [-0.3, -0.25) is 9.69 Å². The van der Waals surface area contributed by atoms with Crippen molar-refractivity contribution in [2.45, 2.75) is 51.0 Å². The van der Waals surface area contributed by atoms with Gasteiger partial charge in [-0.15, -0.1) is 21.5 Å². The highest BCUT2D eigenvalue weighted by Crippen LogP contribution is 2.35. The lowest BCUT2D eigenvalue weighted by Crippen LogP contribution is -2.43. The van der Waals surface area contributed by atoms with Crippen LogP contribution in [-0.4, -0.2) is 64.1 Å². The Morgan fingerprint density at radius 1 is 1.06 bits per heavy atom. The molecule has 3 heterocycles. The van der Waals surface area contributed by atoms with Gasteiger partial charge in [-0.05, 0) is 25.5 Å². The van der Waals surface area contributed by atoms with E-state index in [0.717, 1.165) is 54.0 Å². The zero-order chi connectivity index (χ0) is 23.3. The first-order valence-electron chi connectivity index (χ1n) is 12.2. The molecule has 1 aliphatic heterocycles. The Morgan fingerprint density at radius 3 is 2.59 bits per heavy atom. The van der Waals surface area contributed by atoms with E-state index < -0.39 is 0 Å². The van der Waals surface area contributed by atoms with E-state index in [1.807, 2.05) is 5.38 Å². The number of thiazole rings is 1. The summed E-state index contributed by atoms with van der Waals surface area (Å²) in [5.41, 5.74) is 3.21. The van der Waals surface area contributed by atoms with Crippen molar-refractivity contribution in [1.29, 1.82) is 0 Å². The van der Waals surface area contributed by atoms with Crippen LogP contribution in [0.2, 0.25) is 0 Å². The van der Waals surface area contributed by atoms with Crippen molar-refractivity contribution in [3.8, 4) is 10.6 Å². The molecule has 0 unspecified atom stereocenters. The van der Waals surface area contributed by atoms with E-state index >= 15 is 0 Å². The molecule has 7 nitrogen and oxygen atoms in total. The fourth-order valence-corrected chi connectivity index (χ4v) is 6.42. The van der Waals surface area contributed by atoms with Crippen LogP contribution in [0.25, 0.3) is 10.6 Å². The van der Waals surface area contributed by atoms with E-state index in [1.165, 1.54) is 49.0 Å². The molecule has 1 saturated heterocycles. The Hall–Kier alpha value is -2.20. The molecule has 1 amide bonds. The number of nitrogens with one attached hydrogen (secondary N) is 1. The first kappa shape index (κ1) is 23.5. The Kier molecular flexibility index (Phi) is 7.63. The summed E-state index contributed by atoms with van der Waals surface area (Å²) in [6.45, 7) is 5.50. The molecule has 0 spiro atoms. The maximum absolute atomic E-state index is 12.6. The zero-order valence-electron chi connectivity index (χ0n) is 19.7. The summed E-state index contributed by atoms with van der Waals surface area (Å²) < 4.78 is 0. The second kappa shape index (κ2) is 11.0. The average Bonchev–Trinajstić information content (AvgIpc) is 3.51. The highest BCUT2D eigenvalue weighted by molar-refractivity contribution is 7.15. The van der Waals surface area contributed by atoms with E-state index in [4.69, 9.17) is 4.98 Å². The molecule has 0 atom stereocenters. The number of carbonyl (C=O) groups excluding carboxylic acids is 1. The summed E-state index contributed by atoms with van der Waals surface area (Å²) in [7, 11) is 2.18. The van der Waals surface area contributed by atoms with Gasteiger partial charge in [0, 0.05) is 49.6 Å². The fourth-order valence-electron chi connectivity index (χ4n) is 4.67. The third-order valence-electron chi connectivity index (χ3n) is 6.74. The quantitative estimate of drug-likeness (QED) is 0.514. The van der Waals surface area contributed by atoms with Crippen molar-refractivity contribution in [3.05, 3.63) is 45.9 Å². The Bertz CT molecular complexity index is 1080. The van der Waals surface area contributed by atoms with Crippen molar-refractivity contribution >= 4 is 33.7 Å². The number of benzene rings is 1. The molecule has 9 heteroatoms. The summed E-state index contributed by atoms with van der Waals surface area (Å²) in [6.07, 6.45) is 6.45. The van der Waals surface area contributed by atoms with Gasteiger partial charge in [0.2, 0.25) is 11.0 Å². The maximum atomic E-state index is 12.6. The lowest BCUT2D eigenvalue weighted by Gasteiger charge is -2.32. The van der Waals surface area contributed by atoms with Gasteiger partial charge in [0.05, 0.1) is 12.1 Å². The minimum atomic E-state index is -0.0919. The van der Waals surface area contributed by atoms with Gasteiger partial charge >= 0.3 is 0 Å². The molecule has 1 aromatic carbocycles. The Labute approximate surface area is 209 Å². The number of amides is 1. The molecule has 1 saturated carbocycles. The van der Waals surface area contributed by atoms with E-state index in [9.17, 15) is 4.79 Å². The number of hydrogen-bond donors (Lipinski definition) is 1. The van der Waals surface area contributed by atoms with Crippen molar-refractivity contribution < 1.29 is 4.79 Å². The minimum absolute atomic E-state index is 0.0919. The number of hydrogen-bond acceptors (Lipinski definition) is 8. The molecule has 2 aromatic heterocycles. The molecule has 2 aliphatic rings. The van der Waals surface area contributed by atoms with Crippen LogP contribution in [0, 0.1) is 0 Å². The van der Waals surface area contributed by atoms with Crippen LogP contribution in [0.4, 0.5) is 5.13 Å². The lowest BCUT2D eigenvalue weighted by molar-refractivity contribution is -0.115. The molecule has 2 fully saturated rings. The molecule has 3 aromatic rings. The van der Waals surface area contributed by atoms with Crippen LogP contribution in [0.5, 0.6) is 0 Å². The predicted molar refractivity (Wildman–Crippen MR) is 138 cm³/mol. The highest BCUT2D eigenvalue weighted by atomic mass is 32.1. The first-order chi connectivity index (χ1) is 16.6. The molecule has 0 bridgehead atoms. The first-order valence-corrected chi connectivity index (χ1v) is 13.9. The van der Waals surface area contributed by atoms with Crippen molar-refractivity contribution in [2.24, 2.45) is 0 Å². The number of anilines is 1. The summed E-state index contributed by atoms with van der Waals surface area (Å²) in [4.78, 5) is 22.1. The molecule has 5 rings (SSSR count). The number of aromatic nitrogens is 3. The van der Waals surface area contributed by atoms with Crippen molar-refractivity contribution in [1.82, 2.24) is 25.0 Å². The van der Waals surface area contributed by atoms with Crippen LogP contribution >= 0.6 is 22.7 Å². The van der Waals surface area contributed by atoms with Gasteiger partial charge in [-0.1, -0.05) is 54.9 Å². The highest BCUT2D eigenvalue weighted by Gasteiger charge is 2.20. The SMILES string of the molecule is CN1CCN(Cc2ccc(-c3nc(CC(=O)Nc4nnc(C5CCCCC5)s4)cs3)cc2)CC1. The maximum Gasteiger partial charge on any atom is 0.232 e. The molecule has 1 N–H and O–H groups in total. The number of likely N-dealkylation sites (N-methyl/N-ethyl adjacent to an activating group) is 1. The summed E-state index contributed by atoms with van der Waals surface area (Å²) in [6, 6.07) is 8.67. The molecule has 34 heavy (non-hydrogen) atoms.